The van der Waals surface area contributed by atoms with E-state index < -0.39 is 0 Å². The van der Waals surface area contributed by atoms with E-state index in [1.54, 1.807) is 24.5 Å². The van der Waals surface area contributed by atoms with Gasteiger partial charge in [-0.25, -0.2) is 9.97 Å². The fourth-order valence-electron chi connectivity index (χ4n) is 4.65. The average Bonchev–Trinajstić information content (AvgIpc) is 3.27. The Hall–Kier alpha value is -5.26. The van der Waals surface area contributed by atoms with Gasteiger partial charge in [0.25, 0.3) is 0 Å². The van der Waals surface area contributed by atoms with Crippen LogP contribution in [0.3, 0.4) is 0 Å². The monoisotopic (exact) mass is 447 g/mol. The molecule has 0 aliphatic carbocycles. The van der Waals surface area contributed by atoms with Crippen LogP contribution in [0, 0.1) is 22.7 Å². The number of pyridine rings is 2. The minimum atomic E-state index is 0.375. The van der Waals surface area contributed by atoms with Gasteiger partial charge in [-0.05, 0) is 36.4 Å². The Bertz CT molecular complexity index is 1670. The summed E-state index contributed by atoms with van der Waals surface area (Å²) in [6.07, 6.45) is 3.48. The van der Waals surface area contributed by atoms with Gasteiger partial charge in [-0.1, -0.05) is 54.6 Å². The van der Waals surface area contributed by atoms with Crippen LogP contribution < -0.4 is 0 Å². The predicted molar refractivity (Wildman–Crippen MR) is 137 cm³/mol. The molecule has 0 aliphatic heterocycles. The molecule has 3 aromatic heterocycles. The topological polar surface area (TPSA) is 78.3 Å². The molecule has 3 heterocycles. The van der Waals surface area contributed by atoms with Crippen molar-refractivity contribution in [3.05, 3.63) is 115 Å². The van der Waals surface area contributed by atoms with Gasteiger partial charge in [0.15, 0.2) is 0 Å². The highest BCUT2D eigenvalue weighted by molar-refractivity contribution is 6.10. The Morgan fingerprint density at radius 2 is 1.03 bits per heavy atom. The van der Waals surface area contributed by atoms with E-state index in [4.69, 9.17) is 0 Å². The highest BCUT2D eigenvalue weighted by Gasteiger charge is 2.19. The maximum Gasteiger partial charge on any atom is 0.140 e. The van der Waals surface area contributed by atoms with Crippen molar-refractivity contribution >= 4 is 21.8 Å². The van der Waals surface area contributed by atoms with Gasteiger partial charge >= 0.3 is 0 Å². The maximum absolute atomic E-state index is 9.23. The molecule has 0 radical (unpaired) electrons. The van der Waals surface area contributed by atoms with Crippen LogP contribution in [0.15, 0.2) is 103 Å². The number of aromatic nitrogens is 3. The summed E-state index contributed by atoms with van der Waals surface area (Å²) in [5, 5.41) is 20.8. The zero-order chi connectivity index (χ0) is 23.8. The number of hydrogen-bond donors (Lipinski definition) is 0. The second-order valence-electron chi connectivity index (χ2n) is 8.16. The van der Waals surface area contributed by atoms with Crippen LogP contribution in [0.25, 0.3) is 49.7 Å². The maximum atomic E-state index is 9.23. The third-order valence-corrected chi connectivity index (χ3v) is 6.22. The summed E-state index contributed by atoms with van der Waals surface area (Å²) < 4.78 is 2.28. The predicted octanol–water partition coefficient (Wildman–Crippen LogP) is 6.65. The summed E-state index contributed by atoms with van der Waals surface area (Å²) in [5.74, 6) is 0. The van der Waals surface area contributed by atoms with Crippen molar-refractivity contribution in [1.29, 1.82) is 10.5 Å². The lowest BCUT2D eigenvalue weighted by atomic mass is 9.96. The van der Waals surface area contributed by atoms with Crippen LogP contribution >= 0.6 is 0 Å². The number of nitrogens with zero attached hydrogens (tertiary/aromatic N) is 5. The van der Waals surface area contributed by atoms with Crippen molar-refractivity contribution in [1.82, 2.24) is 14.5 Å². The standard InChI is InChI=1S/C30H17N5/c31-16-22-14-12-20(18-33-22)24-8-5-9-25(21-13-15-23(17-32)34-19-21)30(24)35-28-10-3-1-6-26(28)27-7-2-4-11-29(27)35/h1-15,18-19H. The quantitative estimate of drug-likeness (QED) is 0.304. The Labute approximate surface area is 201 Å². The molecule has 0 atom stereocenters. The molecule has 35 heavy (non-hydrogen) atoms. The second kappa shape index (κ2) is 8.26. The van der Waals surface area contributed by atoms with Crippen molar-refractivity contribution in [3.8, 4) is 40.1 Å². The van der Waals surface area contributed by atoms with Gasteiger partial charge in [-0.15, -0.1) is 0 Å². The van der Waals surface area contributed by atoms with Crippen LogP contribution in [0.2, 0.25) is 0 Å². The average molecular weight is 448 g/mol. The summed E-state index contributed by atoms with van der Waals surface area (Å²) in [5.41, 5.74) is 7.69. The zero-order valence-corrected chi connectivity index (χ0v) is 18.6. The molecule has 0 N–H and O–H groups in total. The van der Waals surface area contributed by atoms with Gasteiger partial charge in [-0.3, -0.25) is 0 Å². The minimum absolute atomic E-state index is 0.375. The Morgan fingerprint density at radius 3 is 1.46 bits per heavy atom. The van der Waals surface area contributed by atoms with Gasteiger partial charge in [-0.2, -0.15) is 10.5 Å². The van der Waals surface area contributed by atoms with Crippen molar-refractivity contribution in [2.45, 2.75) is 0 Å². The largest absolute Gasteiger partial charge is 0.308 e. The molecule has 0 spiro atoms. The number of hydrogen-bond acceptors (Lipinski definition) is 4. The fraction of sp³-hybridized carbons (Fsp3) is 0. The number of benzene rings is 3. The van der Waals surface area contributed by atoms with E-state index in [0.717, 1.165) is 39.0 Å². The molecule has 0 unspecified atom stereocenters. The van der Waals surface area contributed by atoms with E-state index in [0.29, 0.717) is 11.4 Å². The van der Waals surface area contributed by atoms with Crippen LogP contribution in [-0.2, 0) is 0 Å². The number of fused-ring (bicyclic) bond motifs is 3. The molecule has 6 rings (SSSR count). The lowest BCUT2D eigenvalue weighted by Gasteiger charge is -2.19. The van der Waals surface area contributed by atoms with E-state index in [9.17, 15) is 10.5 Å². The summed E-state index contributed by atoms with van der Waals surface area (Å²) in [4.78, 5) is 8.65. The van der Waals surface area contributed by atoms with Gasteiger partial charge < -0.3 is 4.57 Å². The first-order valence-electron chi connectivity index (χ1n) is 11.1. The first kappa shape index (κ1) is 20.4. The van der Waals surface area contributed by atoms with Gasteiger partial charge in [0.1, 0.15) is 23.5 Å². The van der Waals surface area contributed by atoms with Crippen LogP contribution in [0.4, 0.5) is 0 Å². The van der Waals surface area contributed by atoms with Gasteiger partial charge in [0.05, 0.1) is 16.7 Å². The molecule has 0 aliphatic rings. The van der Waals surface area contributed by atoms with E-state index in [1.165, 1.54) is 10.8 Å². The van der Waals surface area contributed by atoms with Crippen molar-refractivity contribution < 1.29 is 0 Å². The molecule has 0 saturated heterocycles. The lowest BCUT2D eigenvalue weighted by molar-refractivity contribution is 1.17. The molecular formula is C30H17N5. The highest BCUT2D eigenvalue weighted by Crippen LogP contribution is 2.40. The summed E-state index contributed by atoms with van der Waals surface area (Å²) in [7, 11) is 0. The third kappa shape index (κ3) is 3.31. The lowest BCUT2D eigenvalue weighted by Crippen LogP contribution is -2.01. The van der Waals surface area contributed by atoms with E-state index in [1.807, 2.05) is 30.3 Å². The number of nitriles is 2. The van der Waals surface area contributed by atoms with Crippen molar-refractivity contribution in [2.24, 2.45) is 0 Å². The molecule has 162 valence electrons. The van der Waals surface area contributed by atoms with Crippen LogP contribution in [-0.4, -0.2) is 14.5 Å². The van der Waals surface area contributed by atoms with E-state index in [-0.39, 0.29) is 0 Å². The molecule has 0 saturated carbocycles. The van der Waals surface area contributed by atoms with Crippen molar-refractivity contribution in [2.75, 3.05) is 0 Å². The highest BCUT2D eigenvalue weighted by atomic mass is 15.0. The molecule has 5 heteroatoms. The molecule has 0 amide bonds. The summed E-state index contributed by atoms with van der Waals surface area (Å²) >= 11 is 0. The second-order valence-corrected chi connectivity index (χ2v) is 8.16. The molecule has 5 nitrogen and oxygen atoms in total. The Balaban J connectivity index is 1.74. The fourth-order valence-corrected chi connectivity index (χ4v) is 4.65. The van der Waals surface area contributed by atoms with E-state index in [2.05, 4.69) is 75.2 Å². The Kier molecular flexibility index (Phi) is 4.80. The number of para-hydroxylation sites is 3. The van der Waals surface area contributed by atoms with Gasteiger partial charge in [0, 0.05) is 45.4 Å². The van der Waals surface area contributed by atoms with Crippen molar-refractivity contribution in [3.63, 3.8) is 0 Å². The zero-order valence-electron chi connectivity index (χ0n) is 18.6. The molecule has 6 aromatic rings. The number of rotatable bonds is 3. The minimum Gasteiger partial charge on any atom is -0.308 e. The molecular weight excluding hydrogens is 430 g/mol. The molecule has 0 fully saturated rings. The smallest absolute Gasteiger partial charge is 0.140 e. The molecule has 3 aromatic carbocycles. The molecule has 0 bridgehead atoms. The summed E-state index contributed by atoms with van der Waals surface area (Å²) in [6, 6.07) is 34.4. The SMILES string of the molecule is N#Cc1ccc(-c2cccc(-c3ccc(C#N)nc3)c2-n2c3ccccc3c3ccccc32)cn1. The van der Waals surface area contributed by atoms with E-state index >= 15 is 0 Å². The third-order valence-electron chi connectivity index (χ3n) is 6.22. The van der Waals surface area contributed by atoms with Crippen LogP contribution in [0.1, 0.15) is 11.4 Å². The first-order chi connectivity index (χ1) is 17.3. The summed E-state index contributed by atoms with van der Waals surface area (Å²) in [6.45, 7) is 0. The van der Waals surface area contributed by atoms with Gasteiger partial charge in [0.2, 0.25) is 0 Å². The first-order valence-corrected chi connectivity index (χ1v) is 11.1. The van der Waals surface area contributed by atoms with Crippen LogP contribution in [0.5, 0.6) is 0 Å². The Morgan fingerprint density at radius 1 is 0.543 bits per heavy atom. The normalized spacial score (nSPS) is 10.8.